The molecule has 0 heterocycles. The zero-order chi connectivity index (χ0) is 18.0. The van der Waals surface area contributed by atoms with Crippen LogP contribution < -0.4 is 10.6 Å². The highest BCUT2D eigenvalue weighted by molar-refractivity contribution is 6.05. The smallest absolute Gasteiger partial charge is 0.255 e. The lowest BCUT2D eigenvalue weighted by Gasteiger charge is -2.18. The van der Waals surface area contributed by atoms with Crippen molar-refractivity contribution in [3.63, 3.8) is 0 Å². The molecule has 0 aliphatic heterocycles. The third kappa shape index (κ3) is 4.08. The highest BCUT2D eigenvalue weighted by atomic mass is 16.2. The van der Waals surface area contributed by atoms with Crippen molar-refractivity contribution < 1.29 is 9.59 Å². The zero-order valence-corrected chi connectivity index (χ0v) is 15.0. The van der Waals surface area contributed by atoms with E-state index in [4.69, 9.17) is 0 Å². The molecule has 2 amide bonds. The van der Waals surface area contributed by atoms with Crippen molar-refractivity contribution in [2.45, 2.75) is 40.0 Å². The van der Waals surface area contributed by atoms with Crippen LogP contribution in [0, 0.1) is 5.41 Å². The molecule has 1 aliphatic rings. The molecule has 0 atom stereocenters. The number of fused-ring (bicyclic) bond motifs is 1. The maximum Gasteiger partial charge on any atom is 0.255 e. The van der Waals surface area contributed by atoms with Gasteiger partial charge in [-0.15, -0.1) is 0 Å². The molecule has 4 nitrogen and oxygen atoms in total. The molecule has 0 saturated carbocycles. The van der Waals surface area contributed by atoms with E-state index in [1.165, 1.54) is 17.5 Å². The minimum absolute atomic E-state index is 0.0799. The molecule has 0 spiro atoms. The number of rotatable bonds is 3. The number of anilines is 2. The fraction of sp³-hybridized carbons (Fsp3) is 0.333. The van der Waals surface area contributed by atoms with Gasteiger partial charge in [-0.05, 0) is 60.7 Å². The van der Waals surface area contributed by atoms with E-state index < -0.39 is 5.41 Å². The molecule has 0 radical (unpaired) electrons. The van der Waals surface area contributed by atoms with Crippen LogP contribution in [-0.2, 0) is 17.6 Å². The number of carbonyl (C=O) groups excluding carboxylic acids is 2. The van der Waals surface area contributed by atoms with Gasteiger partial charge in [0.15, 0.2) is 0 Å². The summed E-state index contributed by atoms with van der Waals surface area (Å²) in [7, 11) is 0. The SMILES string of the molecule is CC(C)(C)C(=O)Nc1cccc(C(=O)Nc2ccc3c(c2)CCC3)c1. The minimum atomic E-state index is -0.483. The number of nitrogens with one attached hydrogen (secondary N) is 2. The summed E-state index contributed by atoms with van der Waals surface area (Å²) < 4.78 is 0. The van der Waals surface area contributed by atoms with Crippen LogP contribution in [0.25, 0.3) is 0 Å². The molecule has 0 aromatic heterocycles. The summed E-state index contributed by atoms with van der Waals surface area (Å²) in [6, 6.07) is 13.1. The summed E-state index contributed by atoms with van der Waals surface area (Å²) in [6.45, 7) is 5.56. The van der Waals surface area contributed by atoms with Gasteiger partial charge >= 0.3 is 0 Å². The first-order valence-electron chi connectivity index (χ1n) is 8.67. The van der Waals surface area contributed by atoms with Crippen LogP contribution in [0.2, 0.25) is 0 Å². The molecule has 0 saturated heterocycles. The van der Waals surface area contributed by atoms with Gasteiger partial charge in [-0.25, -0.2) is 0 Å². The second-order valence-corrected chi connectivity index (χ2v) is 7.58. The Morgan fingerprint density at radius 1 is 0.880 bits per heavy atom. The van der Waals surface area contributed by atoms with Crippen molar-refractivity contribution in [2.24, 2.45) is 5.41 Å². The molecule has 2 aromatic carbocycles. The topological polar surface area (TPSA) is 58.2 Å². The largest absolute Gasteiger partial charge is 0.326 e. The van der Waals surface area contributed by atoms with Gasteiger partial charge in [0.25, 0.3) is 5.91 Å². The van der Waals surface area contributed by atoms with Crippen molar-refractivity contribution in [1.29, 1.82) is 0 Å². The predicted octanol–water partition coefficient (Wildman–Crippen LogP) is 4.41. The summed E-state index contributed by atoms with van der Waals surface area (Å²) in [4.78, 5) is 24.6. The van der Waals surface area contributed by atoms with Crippen molar-refractivity contribution >= 4 is 23.2 Å². The first-order chi connectivity index (χ1) is 11.8. The Bertz CT molecular complexity index is 819. The molecular formula is C21H24N2O2. The van der Waals surface area contributed by atoms with E-state index in [1.54, 1.807) is 24.3 Å². The molecule has 2 N–H and O–H groups in total. The molecule has 0 fully saturated rings. The van der Waals surface area contributed by atoms with Crippen LogP contribution >= 0.6 is 0 Å². The second kappa shape index (κ2) is 6.71. The molecule has 4 heteroatoms. The van der Waals surface area contributed by atoms with Crippen LogP contribution in [0.5, 0.6) is 0 Å². The molecule has 130 valence electrons. The van der Waals surface area contributed by atoms with Gasteiger partial charge in [0.1, 0.15) is 0 Å². The van der Waals surface area contributed by atoms with Gasteiger partial charge in [-0.3, -0.25) is 9.59 Å². The molecule has 0 bridgehead atoms. The molecular weight excluding hydrogens is 312 g/mol. The summed E-state index contributed by atoms with van der Waals surface area (Å²) in [5, 5.41) is 5.80. The van der Waals surface area contributed by atoms with E-state index in [0.29, 0.717) is 11.3 Å². The van der Waals surface area contributed by atoms with Gasteiger partial charge in [0, 0.05) is 22.4 Å². The van der Waals surface area contributed by atoms with E-state index in [0.717, 1.165) is 18.5 Å². The minimum Gasteiger partial charge on any atom is -0.326 e. The highest BCUT2D eigenvalue weighted by Gasteiger charge is 2.21. The van der Waals surface area contributed by atoms with Crippen LogP contribution in [0.3, 0.4) is 0 Å². The Morgan fingerprint density at radius 3 is 2.36 bits per heavy atom. The Balaban J connectivity index is 1.72. The number of benzene rings is 2. The van der Waals surface area contributed by atoms with Gasteiger partial charge in [-0.2, -0.15) is 0 Å². The third-order valence-electron chi connectivity index (χ3n) is 4.42. The zero-order valence-electron chi connectivity index (χ0n) is 15.0. The standard InChI is InChI=1S/C21H24N2O2/c1-21(2,3)20(25)23-17-9-5-8-16(13-17)19(24)22-18-11-10-14-6-4-7-15(14)12-18/h5,8-13H,4,6-7H2,1-3H3,(H,22,24)(H,23,25). The number of hydrogen-bond acceptors (Lipinski definition) is 2. The maximum atomic E-state index is 12.5. The molecule has 0 unspecified atom stereocenters. The monoisotopic (exact) mass is 336 g/mol. The fourth-order valence-electron chi connectivity index (χ4n) is 2.91. The Labute approximate surface area is 148 Å². The fourth-order valence-corrected chi connectivity index (χ4v) is 2.91. The summed E-state index contributed by atoms with van der Waals surface area (Å²) in [6.07, 6.45) is 3.38. The Morgan fingerprint density at radius 2 is 1.60 bits per heavy atom. The van der Waals surface area contributed by atoms with Gasteiger partial charge < -0.3 is 10.6 Å². The Hall–Kier alpha value is -2.62. The Kier molecular flexibility index (Phi) is 4.62. The average molecular weight is 336 g/mol. The summed E-state index contributed by atoms with van der Waals surface area (Å²) >= 11 is 0. The number of aryl methyl sites for hydroxylation is 2. The molecule has 2 aromatic rings. The number of hydrogen-bond donors (Lipinski definition) is 2. The van der Waals surface area contributed by atoms with E-state index in [9.17, 15) is 9.59 Å². The van der Waals surface area contributed by atoms with Crippen LogP contribution in [0.1, 0.15) is 48.7 Å². The molecule has 25 heavy (non-hydrogen) atoms. The lowest BCUT2D eigenvalue weighted by molar-refractivity contribution is -0.123. The van der Waals surface area contributed by atoms with Gasteiger partial charge in [-0.1, -0.05) is 32.9 Å². The van der Waals surface area contributed by atoms with Crippen LogP contribution in [0.4, 0.5) is 11.4 Å². The second-order valence-electron chi connectivity index (χ2n) is 7.58. The van der Waals surface area contributed by atoms with Crippen molar-refractivity contribution in [1.82, 2.24) is 0 Å². The maximum absolute atomic E-state index is 12.5. The average Bonchev–Trinajstić information content (AvgIpc) is 3.02. The van der Waals surface area contributed by atoms with Crippen molar-refractivity contribution in [3.05, 3.63) is 59.2 Å². The quantitative estimate of drug-likeness (QED) is 0.872. The predicted molar refractivity (Wildman–Crippen MR) is 101 cm³/mol. The van der Waals surface area contributed by atoms with E-state index in [-0.39, 0.29) is 11.8 Å². The summed E-state index contributed by atoms with van der Waals surface area (Å²) in [5.41, 5.74) is 4.18. The lowest BCUT2D eigenvalue weighted by Crippen LogP contribution is -2.27. The van der Waals surface area contributed by atoms with Gasteiger partial charge in [0.2, 0.25) is 5.91 Å². The van der Waals surface area contributed by atoms with Crippen LogP contribution in [-0.4, -0.2) is 11.8 Å². The van der Waals surface area contributed by atoms with Crippen molar-refractivity contribution in [2.75, 3.05) is 10.6 Å². The van der Waals surface area contributed by atoms with Crippen molar-refractivity contribution in [3.8, 4) is 0 Å². The van der Waals surface area contributed by atoms with Crippen LogP contribution in [0.15, 0.2) is 42.5 Å². The highest BCUT2D eigenvalue weighted by Crippen LogP contribution is 2.25. The normalized spacial score (nSPS) is 13.2. The molecule has 3 rings (SSSR count). The number of carbonyl (C=O) groups is 2. The first-order valence-corrected chi connectivity index (χ1v) is 8.67. The van der Waals surface area contributed by atoms with E-state index in [1.807, 2.05) is 26.8 Å². The third-order valence-corrected chi connectivity index (χ3v) is 4.42. The molecule has 1 aliphatic carbocycles. The van der Waals surface area contributed by atoms with E-state index >= 15 is 0 Å². The summed E-state index contributed by atoms with van der Waals surface area (Å²) in [5.74, 6) is -0.256. The first kappa shape index (κ1) is 17.2. The number of amides is 2. The van der Waals surface area contributed by atoms with E-state index in [2.05, 4.69) is 22.8 Å². The van der Waals surface area contributed by atoms with Gasteiger partial charge in [0.05, 0.1) is 0 Å². The lowest BCUT2D eigenvalue weighted by atomic mass is 9.95.